The minimum Gasteiger partial charge on any atom is -0.406 e. The summed E-state index contributed by atoms with van der Waals surface area (Å²) in [4.78, 5) is 11.1. The van der Waals surface area contributed by atoms with E-state index in [2.05, 4.69) is 24.7 Å². The lowest BCUT2D eigenvalue weighted by Crippen LogP contribution is -2.48. The van der Waals surface area contributed by atoms with E-state index >= 15 is 0 Å². The van der Waals surface area contributed by atoms with Crippen molar-refractivity contribution >= 4 is 11.5 Å². The molecule has 0 N–H and O–H groups in total. The first-order valence-corrected chi connectivity index (χ1v) is 9.10. The number of pyridine rings is 1. The summed E-state index contributed by atoms with van der Waals surface area (Å²) in [5.74, 6) is 0.565. The molecule has 2 aromatic heterocycles. The third-order valence-electron chi connectivity index (χ3n) is 5.08. The molecular formula is C20H16F3N5O. The SMILES string of the molecule is FC(F)(F)Oc1ccc2c(c1)C(c1ccnc(N3CC(n4cccn4)C3)c1)=NC2. The van der Waals surface area contributed by atoms with Crippen LogP contribution in [0.15, 0.2) is 60.0 Å². The summed E-state index contributed by atoms with van der Waals surface area (Å²) in [6.45, 7) is 2.02. The first-order valence-electron chi connectivity index (χ1n) is 9.10. The van der Waals surface area contributed by atoms with Crippen molar-refractivity contribution in [1.82, 2.24) is 14.8 Å². The van der Waals surface area contributed by atoms with Crippen molar-refractivity contribution in [2.45, 2.75) is 18.9 Å². The molecule has 1 saturated heterocycles. The summed E-state index contributed by atoms with van der Waals surface area (Å²) >= 11 is 0. The number of aliphatic imine (C=N–C) groups is 1. The van der Waals surface area contributed by atoms with Gasteiger partial charge in [0.05, 0.1) is 18.3 Å². The third-order valence-corrected chi connectivity index (χ3v) is 5.08. The molecule has 0 bridgehead atoms. The van der Waals surface area contributed by atoms with Crippen molar-refractivity contribution in [3.8, 4) is 5.75 Å². The molecule has 0 radical (unpaired) electrons. The summed E-state index contributed by atoms with van der Waals surface area (Å²) in [6.07, 6.45) is 0.670. The van der Waals surface area contributed by atoms with Crippen molar-refractivity contribution < 1.29 is 17.9 Å². The van der Waals surface area contributed by atoms with Gasteiger partial charge < -0.3 is 9.64 Å². The summed E-state index contributed by atoms with van der Waals surface area (Å²) in [5.41, 5.74) is 3.00. The van der Waals surface area contributed by atoms with Crippen LogP contribution < -0.4 is 9.64 Å². The Hall–Kier alpha value is -3.36. The number of alkyl halides is 3. The smallest absolute Gasteiger partial charge is 0.406 e. The van der Waals surface area contributed by atoms with Gasteiger partial charge in [-0.3, -0.25) is 9.67 Å². The molecule has 9 heteroatoms. The van der Waals surface area contributed by atoms with Gasteiger partial charge in [-0.1, -0.05) is 6.07 Å². The van der Waals surface area contributed by atoms with Crippen molar-refractivity contribution in [3.05, 3.63) is 71.7 Å². The third kappa shape index (κ3) is 3.43. The van der Waals surface area contributed by atoms with Crippen LogP contribution in [0.25, 0.3) is 0 Å². The number of aromatic nitrogens is 3. The van der Waals surface area contributed by atoms with Crippen molar-refractivity contribution in [2.24, 2.45) is 4.99 Å². The molecule has 1 fully saturated rings. The molecule has 6 nitrogen and oxygen atoms in total. The van der Waals surface area contributed by atoms with E-state index in [1.165, 1.54) is 12.1 Å². The molecule has 0 amide bonds. The highest BCUT2D eigenvalue weighted by Crippen LogP contribution is 2.32. The number of rotatable bonds is 4. The van der Waals surface area contributed by atoms with E-state index in [0.29, 0.717) is 23.9 Å². The van der Waals surface area contributed by atoms with Crippen LogP contribution in [-0.4, -0.2) is 39.9 Å². The molecule has 2 aliphatic rings. The maximum absolute atomic E-state index is 12.6. The van der Waals surface area contributed by atoms with Crippen LogP contribution in [0.2, 0.25) is 0 Å². The second-order valence-electron chi connectivity index (χ2n) is 6.98. The van der Waals surface area contributed by atoms with Gasteiger partial charge in [0.15, 0.2) is 0 Å². The Morgan fingerprint density at radius 2 is 1.93 bits per heavy atom. The van der Waals surface area contributed by atoms with Crippen molar-refractivity contribution in [2.75, 3.05) is 18.0 Å². The molecule has 148 valence electrons. The Kier molecular flexibility index (Phi) is 4.04. The minimum atomic E-state index is -4.73. The lowest BCUT2D eigenvalue weighted by Gasteiger charge is -2.40. The van der Waals surface area contributed by atoms with E-state index in [-0.39, 0.29) is 5.75 Å². The van der Waals surface area contributed by atoms with Gasteiger partial charge in [-0.25, -0.2) is 4.98 Å². The number of nitrogens with zero attached hydrogens (tertiary/aromatic N) is 5. The number of halogens is 3. The highest BCUT2D eigenvalue weighted by atomic mass is 19.4. The molecule has 0 unspecified atom stereocenters. The van der Waals surface area contributed by atoms with Crippen LogP contribution in [-0.2, 0) is 6.54 Å². The summed E-state index contributed by atoms with van der Waals surface area (Å²) in [7, 11) is 0. The average molecular weight is 399 g/mol. The average Bonchev–Trinajstić information content (AvgIpc) is 3.29. The normalized spacial score (nSPS) is 16.4. The summed E-state index contributed by atoms with van der Waals surface area (Å²) in [6, 6.07) is 10.3. The molecule has 1 aromatic carbocycles. The van der Waals surface area contributed by atoms with Crippen LogP contribution in [0.1, 0.15) is 22.7 Å². The van der Waals surface area contributed by atoms with Gasteiger partial charge >= 0.3 is 6.36 Å². The van der Waals surface area contributed by atoms with E-state index < -0.39 is 6.36 Å². The number of benzene rings is 1. The molecule has 0 spiro atoms. The monoisotopic (exact) mass is 399 g/mol. The van der Waals surface area contributed by atoms with Crippen LogP contribution in [0.5, 0.6) is 5.75 Å². The molecule has 4 heterocycles. The second-order valence-corrected chi connectivity index (χ2v) is 6.98. The van der Waals surface area contributed by atoms with E-state index in [4.69, 9.17) is 0 Å². The fourth-order valence-corrected chi connectivity index (χ4v) is 3.65. The maximum atomic E-state index is 12.6. The number of anilines is 1. The standard InChI is InChI=1S/C20H16F3N5O/c21-20(22,23)29-16-3-2-14-10-25-19(17(14)9-16)13-4-6-24-18(8-13)27-11-15(12-27)28-7-1-5-26-28/h1-9,15H,10-12H2. The molecule has 2 aliphatic heterocycles. The predicted octanol–water partition coefficient (Wildman–Crippen LogP) is 3.59. The summed E-state index contributed by atoms with van der Waals surface area (Å²) in [5, 5.41) is 4.26. The van der Waals surface area contributed by atoms with E-state index in [1.54, 1.807) is 18.5 Å². The zero-order valence-electron chi connectivity index (χ0n) is 15.2. The Bertz CT molecular complexity index is 1070. The second kappa shape index (κ2) is 6.61. The summed E-state index contributed by atoms with van der Waals surface area (Å²) < 4.78 is 43.7. The first kappa shape index (κ1) is 17.7. The largest absolute Gasteiger partial charge is 0.573 e. The maximum Gasteiger partial charge on any atom is 0.573 e. The van der Waals surface area contributed by atoms with E-state index in [0.717, 1.165) is 30.0 Å². The number of hydrogen-bond donors (Lipinski definition) is 0. The van der Waals surface area contributed by atoms with Gasteiger partial charge in [0.25, 0.3) is 0 Å². The lowest BCUT2D eigenvalue weighted by atomic mass is 10.00. The topological polar surface area (TPSA) is 55.5 Å². The molecule has 3 aromatic rings. The highest BCUT2D eigenvalue weighted by molar-refractivity contribution is 6.15. The van der Waals surface area contributed by atoms with Gasteiger partial charge in [-0.15, -0.1) is 13.2 Å². The van der Waals surface area contributed by atoms with Crippen LogP contribution in [0, 0.1) is 0 Å². The van der Waals surface area contributed by atoms with E-state index in [9.17, 15) is 13.2 Å². The van der Waals surface area contributed by atoms with Gasteiger partial charge in [-0.2, -0.15) is 5.10 Å². The van der Waals surface area contributed by atoms with Gasteiger partial charge in [-0.05, 0) is 35.9 Å². The number of fused-ring (bicyclic) bond motifs is 1. The van der Waals surface area contributed by atoms with Crippen LogP contribution >= 0.6 is 0 Å². The number of hydrogen-bond acceptors (Lipinski definition) is 5. The molecule has 0 saturated carbocycles. The fraction of sp³-hybridized carbons (Fsp3) is 0.250. The Morgan fingerprint density at radius 1 is 1.07 bits per heavy atom. The van der Waals surface area contributed by atoms with Crippen molar-refractivity contribution in [3.63, 3.8) is 0 Å². The van der Waals surface area contributed by atoms with E-state index in [1.807, 2.05) is 29.1 Å². The quantitative estimate of drug-likeness (QED) is 0.673. The number of ether oxygens (including phenoxy) is 1. The molecule has 0 aliphatic carbocycles. The molecule has 0 atom stereocenters. The minimum absolute atomic E-state index is 0.245. The predicted molar refractivity (Wildman–Crippen MR) is 100 cm³/mol. The van der Waals surface area contributed by atoms with Crippen LogP contribution in [0.4, 0.5) is 19.0 Å². The zero-order valence-corrected chi connectivity index (χ0v) is 15.2. The molecular weight excluding hydrogens is 383 g/mol. The van der Waals surface area contributed by atoms with Gasteiger partial charge in [0, 0.05) is 42.8 Å². The fourth-order valence-electron chi connectivity index (χ4n) is 3.65. The Balaban J connectivity index is 1.37. The van der Waals surface area contributed by atoms with Gasteiger partial charge in [0.1, 0.15) is 11.6 Å². The van der Waals surface area contributed by atoms with Crippen LogP contribution in [0.3, 0.4) is 0 Å². The Labute approximate surface area is 164 Å². The Morgan fingerprint density at radius 3 is 2.69 bits per heavy atom. The van der Waals surface area contributed by atoms with Crippen molar-refractivity contribution in [1.29, 1.82) is 0 Å². The first-order chi connectivity index (χ1) is 14.0. The highest BCUT2D eigenvalue weighted by Gasteiger charge is 2.32. The van der Waals surface area contributed by atoms with Gasteiger partial charge in [0.2, 0.25) is 0 Å². The molecule has 5 rings (SSSR count). The lowest BCUT2D eigenvalue weighted by molar-refractivity contribution is -0.274. The molecule has 29 heavy (non-hydrogen) atoms. The zero-order chi connectivity index (χ0) is 20.0.